The second-order valence-corrected chi connectivity index (χ2v) is 5.76. The topological polar surface area (TPSA) is 73.6 Å². The van der Waals surface area contributed by atoms with E-state index in [4.69, 9.17) is 15.2 Å². The van der Waals surface area contributed by atoms with Gasteiger partial charge in [0.25, 0.3) is 0 Å². The highest BCUT2D eigenvalue weighted by Crippen LogP contribution is 2.15. The summed E-state index contributed by atoms with van der Waals surface area (Å²) in [6, 6.07) is 0. The Hall–Kier alpha value is -0.650. The second kappa shape index (κ2) is 9.32. The summed E-state index contributed by atoms with van der Waals surface area (Å²) >= 11 is 0. The minimum atomic E-state index is -0.589. The molecule has 0 aromatic heterocycles. The van der Waals surface area contributed by atoms with Crippen molar-refractivity contribution in [3.63, 3.8) is 0 Å². The molecule has 3 N–H and O–H groups in total. The number of hydrogen-bond donors (Lipinski definition) is 2. The molecule has 0 aromatic carbocycles. The smallest absolute Gasteiger partial charge is 0.237 e. The summed E-state index contributed by atoms with van der Waals surface area (Å²) < 4.78 is 11.1. The lowest BCUT2D eigenvalue weighted by Gasteiger charge is -2.27. The van der Waals surface area contributed by atoms with Crippen LogP contribution >= 0.6 is 0 Å². The van der Waals surface area contributed by atoms with Crippen LogP contribution in [0.1, 0.15) is 52.4 Å². The van der Waals surface area contributed by atoms with E-state index in [1.807, 2.05) is 6.92 Å². The van der Waals surface area contributed by atoms with Crippen LogP contribution < -0.4 is 11.1 Å². The number of nitrogens with one attached hydrogen (secondary N) is 1. The number of carbonyl (C=O) groups is 1. The first-order valence-corrected chi connectivity index (χ1v) is 7.83. The van der Waals surface area contributed by atoms with Crippen LogP contribution in [0.25, 0.3) is 0 Å². The number of primary amides is 1. The first kappa shape index (κ1) is 17.4. The third-order valence-electron chi connectivity index (χ3n) is 3.90. The maximum Gasteiger partial charge on any atom is 0.237 e. The predicted octanol–water partition coefficient (Wildman–Crippen LogP) is 1.60. The van der Waals surface area contributed by atoms with Gasteiger partial charge < -0.3 is 20.5 Å². The Morgan fingerprint density at radius 2 is 2.10 bits per heavy atom. The predicted molar refractivity (Wildman–Crippen MR) is 79.5 cm³/mol. The maximum absolute atomic E-state index is 11.6. The Balaban J connectivity index is 2.15. The Bertz CT molecular complexity index is 280. The van der Waals surface area contributed by atoms with Crippen molar-refractivity contribution in [2.45, 2.75) is 64.0 Å². The van der Waals surface area contributed by atoms with Crippen LogP contribution in [0, 0.1) is 0 Å². The van der Waals surface area contributed by atoms with Crippen molar-refractivity contribution < 1.29 is 14.3 Å². The van der Waals surface area contributed by atoms with E-state index in [2.05, 4.69) is 12.2 Å². The van der Waals surface area contributed by atoms with E-state index >= 15 is 0 Å². The zero-order valence-electron chi connectivity index (χ0n) is 13.0. The van der Waals surface area contributed by atoms with Crippen LogP contribution in [0.15, 0.2) is 0 Å². The van der Waals surface area contributed by atoms with Gasteiger partial charge in [0, 0.05) is 19.8 Å². The van der Waals surface area contributed by atoms with Crippen LogP contribution in [0.2, 0.25) is 0 Å². The van der Waals surface area contributed by atoms with Gasteiger partial charge in [-0.2, -0.15) is 0 Å². The van der Waals surface area contributed by atoms with E-state index in [0.29, 0.717) is 6.10 Å². The summed E-state index contributed by atoms with van der Waals surface area (Å²) in [6.45, 7) is 7.17. The lowest BCUT2D eigenvalue weighted by molar-refractivity contribution is -0.124. The van der Waals surface area contributed by atoms with Crippen LogP contribution in [0.3, 0.4) is 0 Å². The molecule has 0 aromatic rings. The molecule has 1 saturated heterocycles. The molecule has 1 atom stereocenters. The van der Waals surface area contributed by atoms with Gasteiger partial charge in [-0.3, -0.25) is 4.79 Å². The first-order valence-electron chi connectivity index (χ1n) is 7.83. The summed E-state index contributed by atoms with van der Waals surface area (Å²) in [6.07, 6.45) is 6.01. The van der Waals surface area contributed by atoms with E-state index in [0.717, 1.165) is 64.9 Å². The molecule has 1 amide bonds. The third kappa shape index (κ3) is 6.20. The Morgan fingerprint density at radius 1 is 1.40 bits per heavy atom. The van der Waals surface area contributed by atoms with Crippen molar-refractivity contribution in [2.24, 2.45) is 5.73 Å². The van der Waals surface area contributed by atoms with Crippen molar-refractivity contribution in [1.82, 2.24) is 5.32 Å². The van der Waals surface area contributed by atoms with Gasteiger partial charge in [0.15, 0.2) is 0 Å². The number of rotatable bonds is 10. The fourth-order valence-electron chi connectivity index (χ4n) is 2.37. The lowest BCUT2D eigenvalue weighted by Crippen LogP contribution is -2.53. The highest BCUT2D eigenvalue weighted by atomic mass is 16.5. The molecule has 0 saturated carbocycles. The highest BCUT2D eigenvalue weighted by Gasteiger charge is 2.29. The largest absolute Gasteiger partial charge is 0.381 e. The molecule has 0 bridgehead atoms. The van der Waals surface area contributed by atoms with Gasteiger partial charge in [0.1, 0.15) is 0 Å². The normalized spacial score (nSPS) is 19.7. The highest BCUT2D eigenvalue weighted by molar-refractivity contribution is 5.84. The Labute approximate surface area is 122 Å². The molecule has 1 fully saturated rings. The SMILES string of the molecule is CCCNC(C)(CCCCOC1CCOCC1)C(N)=O. The Kier molecular flexibility index (Phi) is 8.11. The molecule has 5 nitrogen and oxygen atoms in total. The quantitative estimate of drug-likeness (QED) is 0.598. The average molecular weight is 286 g/mol. The van der Waals surface area contributed by atoms with Crippen molar-refractivity contribution in [1.29, 1.82) is 0 Å². The van der Waals surface area contributed by atoms with Crippen molar-refractivity contribution in [2.75, 3.05) is 26.4 Å². The number of ether oxygens (including phenoxy) is 2. The number of amides is 1. The number of nitrogens with two attached hydrogens (primary N) is 1. The lowest BCUT2D eigenvalue weighted by atomic mass is 9.94. The van der Waals surface area contributed by atoms with E-state index in [1.165, 1.54) is 0 Å². The van der Waals surface area contributed by atoms with Gasteiger partial charge in [-0.15, -0.1) is 0 Å². The standard InChI is InChI=1S/C15H30N2O3/c1-3-9-17-15(2,14(16)18)8-4-5-10-20-13-6-11-19-12-7-13/h13,17H,3-12H2,1-2H3,(H2,16,18). The summed E-state index contributed by atoms with van der Waals surface area (Å²) in [5.74, 6) is -0.267. The average Bonchev–Trinajstić information content (AvgIpc) is 2.45. The van der Waals surface area contributed by atoms with Gasteiger partial charge >= 0.3 is 0 Å². The fraction of sp³-hybridized carbons (Fsp3) is 0.933. The van der Waals surface area contributed by atoms with Gasteiger partial charge in [-0.25, -0.2) is 0 Å². The molecule has 5 heteroatoms. The van der Waals surface area contributed by atoms with E-state index in [-0.39, 0.29) is 5.91 Å². The zero-order chi connectivity index (χ0) is 14.8. The number of carbonyl (C=O) groups excluding carboxylic acids is 1. The number of hydrogen-bond acceptors (Lipinski definition) is 4. The molecule has 0 radical (unpaired) electrons. The van der Waals surface area contributed by atoms with Crippen molar-refractivity contribution in [3.8, 4) is 0 Å². The maximum atomic E-state index is 11.6. The fourth-order valence-corrected chi connectivity index (χ4v) is 2.37. The van der Waals surface area contributed by atoms with Crippen LogP contribution in [-0.4, -0.2) is 43.9 Å². The molecule has 0 spiro atoms. The zero-order valence-corrected chi connectivity index (χ0v) is 13.0. The Morgan fingerprint density at radius 3 is 2.70 bits per heavy atom. The monoisotopic (exact) mass is 286 g/mol. The van der Waals surface area contributed by atoms with E-state index < -0.39 is 5.54 Å². The van der Waals surface area contributed by atoms with E-state index in [9.17, 15) is 4.79 Å². The number of unbranched alkanes of at least 4 members (excludes halogenated alkanes) is 1. The molecular weight excluding hydrogens is 256 g/mol. The third-order valence-corrected chi connectivity index (χ3v) is 3.90. The van der Waals surface area contributed by atoms with Crippen LogP contribution in [0.5, 0.6) is 0 Å². The van der Waals surface area contributed by atoms with Gasteiger partial charge in [0.2, 0.25) is 5.91 Å². The van der Waals surface area contributed by atoms with Gasteiger partial charge in [0.05, 0.1) is 11.6 Å². The summed E-state index contributed by atoms with van der Waals surface area (Å²) in [7, 11) is 0. The van der Waals surface area contributed by atoms with Crippen LogP contribution in [-0.2, 0) is 14.3 Å². The summed E-state index contributed by atoms with van der Waals surface area (Å²) in [4.78, 5) is 11.6. The van der Waals surface area contributed by atoms with Crippen molar-refractivity contribution >= 4 is 5.91 Å². The molecule has 1 heterocycles. The molecule has 118 valence electrons. The molecule has 20 heavy (non-hydrogen) atoms. The van der Waals surface area contributed by atoms with Crippen LogP contribution in [0.4, 0.5) is 0 Å². The molecule has 1 unspecified atom stereocenters. The minimum Gasteiger partial charge on any atom is -0.381 e. The molecule has 1 rings (SSSR count). The summed E-state index contributed by atoms with van der Waals surface area (Å²) in [5, 5.41) is 3.25. The second-order valence-electron chi connectivity index (χ2n) is 5.76. The van der Waals surface area contributed by atoms with Gasteiger partial charge in [-0.05, 0) is 52.0 Å². The van der Waals surface area contributed by atoms with Crippen molar-refractivity contribution in [3.05, 3.63) is 0 Å². The molecule has 1 aliphatic rings. The first-order chi connectivity index (χ1) is 9.58. The molecule has 0 aliphatic carbocycles. The summed E-state index contributed by atoms with van der Waals surface area (Å²) in [5.41, 5.74) is 4.91. The molecule has 1 aliphatic heterocycles. The minimum absolute atomic E-state index is 0.267. The van der Waals surface area contributed by atoms with E-state index in [1.54, 1.807) is 0 Å². The van der Waals surface area contributed by atoms with Gasteiger partial charge in [-0.1, -0.05) is 6.92 Å². The molecular formula is C15H30N2O3.